The minimum atomic E-state index is -4.54. The topological polar surface area (TPSA) is 86.7 Å². The molecule has 0 aliphatic rings. The van der Waals surface area contributed by atoms with Gasteiger partial charge in [0.25, 0.3) is 10.1 Å². The van der Waals surface area contributed by atoms with Gasteiger partial charge < -0.3 is 9.84 Å². The van der Waals surface area contributed by atoms with E-state index >= 15 is 0 Å². The van der Waals surface area contributed by atoms with Crippen LogP contribution < -0.4 is 39.4 Å². The molecule has 0 radical (unpaired) electrons. The second-order valence-corrected chi connectivity index (χ2v) is 9.51. The number of unbranched alkanes of at least 4 members (excludes halogenated alkanes) is 10. The minimum Gasteiger partial charge on any atom is -0.872 e. The zero-order valence-electron chi connectivity index (χ0n) is 19.5. The van der Waals surface area contributed by atoms with E-state index in [1.54, 1.807) is 6.07 Å². The zero-order valence-corrected chi connectivity index (χ0v) is 22.3. The molecule has 0 spiro atoms. The largest absolute Gasteiger partial charge is 1.00 e. The van der Waals surface area contributed by atoms with Crippen molar-refractivity contribution in [3.63, 3.8) is 0 Å². The van der Waals surface area contributed by atoms with Gasteiger partial charge in [0.2, 0.25) is 0 Å². The number of benzene rings is 2. The first-order chi connectivity index (χ1) is 14.9. The molecule has 1 N–H and O–H groups in total. The molecule has 0 fully saturated rings. The number of hydrogen-bond donors (Lipinski definition) is 1. The van der Waals surface area contributed by atoms with Gasteiger partial charge in [0.15, 0.2) is 0 Å². The zero-order chi connectivity index (χ0) is 22.5. The van der Waals surface area contributed by atoms with E-state index in [1.165, 1.54) is 76.3 Å². The molecule has 0 atom stereocenters. The van der Waals surface area contributed by atoms with Crippen LogP contribution in [0.2, 0.25) is 0 Å². The van der Waals surface area contributed by atoms with E-state index in [0.717, 1.165) is 24.5 Å². The van der Waals surface area contributed by atoms with Crippen LogP contribution in [0.1, 0.15) is 83.1 Å². The maximum Gasteiger partial charge on any atom is 1.00 e. The fourth-order valence-corrected chi connectivity index (χ4v) is 4.29. The van der Waals surface area contributed by atoms with Crippen molar-refractivity contribution in [1.29, 1.82) is 0 Å². The van der Waals surface area contributed by atoms with Gasteiger partial charge in [-0.25, -0.2) is 0 Å². The molecule has 2 rings (SSSR count). The van der Waals surface area contributed by atoms with Crippen LogP contribution in [-0.4, -0.2) is 13.0 Å². The molecule has 0 aliphatic heterocycles. The molecule has 0 saturated heterocycles. The summed E-state index contributed by atoms with van der Waals surface area (Å²) in [6.07, 6.45) is 15.2. The number of hydrogen-bond acceptors (Lipinski definition) is 4. The Morgan fingerprint density at radius 3 is 2.03 bits per heavy atom. The number of rotatable bonds is 15. The summed E-state index contributed by atoms with van der Waals surface area (Å²) in [4.78, 5) is -0.518. The third kappa shape index (κ3) is 11.2. The SMILES string of the molecule is CCCCCCCCCCCCCc1cccc(Oc2ccc([O-])cc2S(=O)(=O)O)c1.[Na+]. The Kier molecular flexibility index (Phi) is 14.2. The summed E-state index contributed by atoms with van der Waals surface area (Å²) in [7, 11) is -4.54. The Morgan fingerprint density at radius 1 is 0.844 bits per heavy atom. The molecule has 0 aromatic heterocycles. The van der Waals surface area contributed by atoms with Gasteiger partial charge in [-0.2, -0.15) is 8.42 Å². The number of aryl methyl sites for hydroxylation is 1. The average molecular weight is 471 g/mol. The predicted molar refractivity (Wildman–Crippen MR) is 122 cm³/mol. The molecule has 0 unspecified atom stereocenters. The Labute approximate surface area is 215 Å². The van der Waals surface area contributed by atoms with Crippen LogP contribution in [0.25, 0.3) is 0 Å². The van der Waals surface area contributed by atoms with Crippen LogP contribution in [-0.2, 0) is 16.5 Å². The molecule has 0 amide bonds. The summed E-state index contributed by atoms with van der Waals surface area (Å²) in [5.74, 6) is -0.0942. The van der Waals surface area contributed by atoms with Gasteiger partial charge in [-0.1, -0.05) is 89.3 Å². The molecule has 2 aromatic carbocycles. The van der Waals surface area contributed by atoms with Crippen LogP contribution in [0.3, 0.4) is 0 Å². The fourth-order valence-electron chi connectivity index (χ4n) is 3.66. The van der Waals surface area contributed by atoms with Crippen molar-refractivity contribution in [3.05, 3.63) is 48.0 Å². The maximum absolute atomic E-state index is 11.5. The first-order valence-electron chi connectivity index (χ1n) is 11.5. The van der Waals surface area contributed by atoms with E-state index in [1.807, 2.05) is 18.2 Å². The molecular weight excluding hydrogens is 435 g/mol. The standard InChI is InChI=1S/C25H36O5S.Na/c1-2-3-4-5-6-7-8-9-10-11-12-14-21-15-13-16-23(19-21)30-24-18-17-22(26)20-25(24)31(27,28)29;/h13,15-20,26H,2-12,14H2,1H3,(H,27,28,29);/q;+1/p-1. The van der Waals surface area contributed by atoms with Crippen LogP contribution in [0.4, 0.5) is 0 Å². The van der Waals surface area contributed by atoms with Crippen LogP contribution in [0.15, 0.2) is 47.4 Å². The van der Waals surface area contributed by atoms with E-state index in [2.05, 4.69) is 6.92 Å². The van der Waals surface area contributed by atoms with E-state index in [-0.39, 0.29) is 35.3 Å². The molecule has 0 bridgehead atoms. The van der Waals surface area contributed by atoms with E-state index < -0.39 is 20.8 Å². The summed E-state index contributed by atoms with van der Waals surface area (Å²) < 4.78 is 38.1. The van der Waals surface area contributed by atoms with Crippen molar-refractivity contribution in [2.24, 2.45) is 0 Å². The molecule has 2 aromatic rings. The second kappa shape index (κ2) is 15.7. The first-order valence-corrected chi connectivity index (χ1v) is 12.9. The van der Waals surface area contributed by atoms with Gasteiger partial charge in [-0.05, 0) is 42.7 Å². The van der Waals surface area contributed by atoms with Gasteiger partial charge in [0.05, 0.1) is 0 Å². The summed E-state index contributed by atoms with van der Waals surface area (Å²) in [5.41, 5.74) is 1.11. The molecule has 7 heteroatoms. The molecular formula is C25H35NaO5S. The van der Waals surface area contributed by atoms with Crippen LogP contribution >= 0.6 is 0 Å². The second-order valence-electron chi connectivity index (χ2n) is 8.12. The Bertz CT molecular complexity index is 899. The van der Waals surface area contributed by atoms with Crippen molar-refractivity contribution >= 4 is 10.1 Å². The fraction of sp³-hybridized carbons (Fsp3) is 0.520. The molecule has 5 nitrogen and oxygen atoms in total. The molecule has 0 aliphatic carbocycles. The third-order valence-electron chi connectivity index (χ3n) is 5.39. The summed E-state index contributed by atoms with van der Waals surface area (Å²) in [6, 6.07) is 10.8. The van der Waals surface area contributed by atoms with E-state index in [0.29, 0.717) is 5.75 Å². The van der Waals surface area contributed by atoms with Crippen molar-refractivity contribution in [2.45, 2.75) is 88.9 Å². The molecule has 0 saturated carbocycles. The van der Waals surface area contributed by atoms with Crippen LogP contribution in [0, 0.1) is 0 Å². The molecule has 0 heterocycles. The smallest absolute Gasteiger partial charge is 0.872 e. The van der Waals surface area contributed by atoms with Crippen LogP contribution in [0.5, 0.6) is 17.2 Å². The van der Waals surface area contributed by atoms with Gasteiger partial charge >= 0.3 is 29.6 Å². The van der Waals surface area contributed by atoms with Gasteiger partial charge in [-0.15, -0.1) is 5.75 Å². The van der Waals surface area contributed by atoms with Gasteiger partial charge in [0.1, 0.15) is 16.4 Å². The normalized spacial score (nSPS) is 11.2. The minimum absolute atomic E-state index is 0. The third-order valence-corrected chi connectivity index (χ3v) is 6.26. The van der Waals surface area contributed by atoms with Crippen molar-refractivity contribution in [3.8, 4) is 17.2 Å². The van der Waals surface area contributed by atoms with E-state index in [9.17, 15) is 18.1 Å². The van der Waals surface area contributed by atoms with Crippen molar-refractivity contribution in [2.75, 3.05) is 0 Å². The van der Waals surface area contributed by atoms with Gasteiger partial charge in [-0.3, -0.25) is 4.55 Å². The van der Waals surface area contributed by atoms with E-state index in [4.69, 9.17) is 4.74 Å². The predicted octanol–water partition coefficient (Wildman–Crippen LogP) is 3.66. The average Bonchev–Trinajstić information content (AvgIpc) is 2.73. The maximum atomic E-state index is 11.5. The Hall–Kier alpha value is -1.05. The summed E-state index contributed by atoms with van der Waals surface area (Å²) in [5, 5.41) is 11.4. The summed E-state index contributed by atoms with van der Waals surface area (Å²) in [6.45, 7) is 2.25. The first kappa shape index (κ1) is 29.0. The molecule has 172 valence electrons. The Morgan fingerprint density at radius 2 is 1.44 bits per heavy atom. The number of ether oxygens (including phenoxy) is 1. The van der Waals surface area contributed by atoms with Crippen molar-refractivity contribution in [1.82, 2.24) is 0 Å². The monoisotopic (exact) mass is 470 g/mol. The Balaban J connectivity index is 0.00000512. The van der Waals surface area contributed by atoms with Gasteiger partial charge in [0, 0.05) is 0 Å². The quantitative estimate of drug-likeness (QED) is 0.244. The molecule has 32 heavy (non-hydrogen) atoms. The summed E-state index contributed by atoms with van der Waals surface area (Å²) >= 11 is 0. The van der Waals surface area contributed by atoms with Crippen molar-refractivity contribution < 1.29 is 52.4 Å².